The van der Waals surface area contributed by atoms with E-state index in [2.05, 4.69) is 12.8 Å². The predicted octanol–water partition coefficient (Wildman–Crippen LogP) is 5.65. The Labute approximate surface area is 207 Å². The maximum Gasteiger partial charge on any atom is 0.248 e. The van der Waals surface area contributed by atoms with Gasteiger partial charge in [0, 0.05) is 17.5 Å². The molecule has 33 heavy (non-hydrogen) atoms. The number of carbonyl (C=O) groups excluding carboxylic acids is 2. The number of aromatic nitrogens is 1. The molecule has 0 spiro atoms. The van der Waals surface area contributed by atoms with Gasteiger partial charge in [-0.1, -0.05) is 55.1 Å². The van der Waals surface area contributed by atoms with Crippen molar-refractivity contribution in [2.24, 2.45) is 5.92 Å². The fraction of sp³-hybridized carbons (Fsp3) is 0.320. The fourth-order valence-corrected chi connectivity index (χ4v) is 5.93. The number of rotatable bonds is 6. The van der Waals surface area contributed by atoms with Gasteiger partial charge in [-0.25, -0.2) is 4.98 Å². The number of hydrogen-bond acceptors (Lipinski definition) is 6. The van der Waals surface area contributed by atoms with Gasteiger partial charge in [-0.15, -0.1) is 0 Å². The first-order valence-corrected chi connectivity index (χ1v) is 12.7. The van der Waals surface area contributed by atoms with Crippen LogP contribution in [0.3, 0.4) is 0 Å². The van der Waals surface area contributed by atoms with Gasteiger partial charge in [0.25, 0.3) is 0 Å². The van der Waals surface area contributed by atoms with E-state index in [1.54, 1.807) is 24.3 Å². The zero-order chi connectivity index (χ0) is 23.0. The van der Waals surface area contributed by atoms with Crippen LogP contribution in [0, 0.1) is 5.92 Å². The van der Waals surface area contributed by atoms with Crippen molar-refractivity contribution in [1.82, 2.24) is 9.29 Å². The van der Waals surface area contributed by atoms with Crippen molar-refractivity contribution in [3.8, 4) is 5.88 Å². The number of ketones is 1. The van der Waals surface area contributed by atoms with Crippen LogP contribution < -0.4 is 4.74 Å². The van der Waals surface area contributed by atoms with E-state index in [0.717, 1.165) is 5.56 Å². The average Bonchev–Trinajstić information content (AvgIpc) is 3.32. The molecule has 2 fully saturated rings. The highest BCUT2D eigenvalue weighted by Gasteiger charge is 2.53. The molecule has 0 N–H and O–H groups in total. The predicted molar refractivity (Wildman–Crippen MR) is 132 cm³/mol. The third-order valence-corrected chi connectivity index (χ3v) is 8.19. The van der Waals surface area contributed by atoms with E-state index in [1.165, 1.54) is 34.9 Å². The van der Waals surface area contributed by atoms with Crippen LogP contribution in [-0.4, -0.2) is 27.6 Å². The Kier molecular flexibility index (Phi) is 6.20. The molecule has 2 aromatic heterocycles. The van der Waals surface area contributed by atoms with E-state index in [0.29, 0.717) is 34.7 Å². The summed E-state index contributed by atoms with van der Waals surface area (Å²) >= 11 is 12.5. The molecule has 170 valence electrons. The van der Waals surface area contributed by atoms with Crippen LogP contribution in [0.25, 0.3) is 0 Å². The number of carbonyl (C=O) groups is 2. The van der Waals surface area contributed by atoms with Gasteiger partial charge in [-0.3, -0.25) is 13.9 Å². The molecule has 5 nitrogen and oxygen atoms in total. The molecule has 1 aliphatic heterocycles. The molecule has 3 heterocycles. The van der Waals surface area contributed by atoms with Crippen molar-refractivity contribution in [2.45, 2.75) is 37.1 Å². The number of thiol groups is 1. The molecule has 2 aliphatic rings. The lowest BCUT2D eigenvalue weighted by Crippen LogP contribution is -2.54. The Morgan fingerprint density at radius 2 is 1.97 bits per heavy atom. The van der Waals surface area contributed by atoms with Crippen LogP contribution >= 0.6 is 35.8 Å². The van der Waals surface area contributed by atoms with E-state index >= 15 is 0 Å². The number of piperidine rings is 1. The number of halogens is 1. The summed E-state index contributed by atoms with van der Waals surface area (Å²) in [6.07, 6.45) is 3.63. The Balaban J connectivity index is 1.55. The topological polar surface area (TPSA) is 59.5 Å². The molecule has 1 aliphatic carbocycles. The highest BCUT2D eigenvalue weighted by Crippen LogP contribution is 2.48. The summed E-state index contributed by atoms with van der Waals surface area (Å²) in [7, 11) is 0. The van der Waals surface area contributed by atoms with Gasteiger partial charge in [0.2, 0.25) is 11.8 Å². The number of amides is 1. The van der Waals surface area contributed by atoms with Crippen molar-refractivity contribution >= 4 is 47.4 Å². The summed E-state index contributed by atoms with van der Waals surface area (Å²) in [6.45, 7) is 0.624. The number of hydrogen-bond donors (Lipinski definition) is 1. The molecule has 0 bridgehead atoms. The van der Waals surface area contributed by atoms with E-state index in [4.69, 9.17) is 21.3 Å². The summed E-state index contributed by atoms with van der Waals surface area (Å²) in [5, 5.41) is 4.24. The van der Waals surface area contributed by atoms with Crippen molar-refractivity contribution in [3.63, 3.8) is 0 Å². The Morgan fingerprint density at radius 3 is 2.67 bits per heavy atom. The van der Waals surface area contributed by atoms with Gasteiger partial charge in [0.1, 0.15) is 11.5 Å². The maximum atomic E-state index is 13.6. The minimum Gasteiger partial charge on any atom is -0.477 e. The van der Waals surface area contributed by atoms with Crippen LogP contribution in [0.1, 0.15) is 48.4 Å². The van der Waals surface area contributed by atoms with E-state index in [9.17, 15) is 9.59 Å². The number of benzene rings is 1. The fourth-order valence-electron chi connectivity index (χ4n) is 4.55. The van der Waals surface area contributed by atoms with Crippen LogP contribution in [0.4, 0.5) is 0 Å². The molecule has 2 atom stereocenters. The second-order valence-electron chi connectivity index (χ2n) is 8.59. The minimum absolute atomic E-state index is 0.0357. The molecule has 1 saturated carbocycles. The summed E-state index contributed by atoms with van der Waals surface area (Å²) in [5.74, 6) is -0.578. The maximum absolute atomic E-state index is 13.6. The molecule has 8 heteroatoms. The highest BCUT2D eigenvalue weighted by molar-refractivity contribution is 7.78. The normalized spacial score (nSPS) is 23.5. The van der Waals surface area contributed by atoms with Crippen molar-refractivity contribution < 1.29 is 14.3 Å². The van der Waals surface area contributed by atoms with Gasteiger partial charge in [-0.2, -0.15) is 11.3 Å². The van der Waals surface area contributed by atoms with E-state index in [1.807, 2.05) is 35.0 Å². The Bertz CT molecular complexity index is 1180. The lowest BCUT2D eigenvalue weighted by molar-refractivity contribution is -0.142. The number of ether oxygens (including phenoxy) is 1. The molecule has 2 unspecified atom stereocenters. The van der Waals surface area contributed by atoms with Crippen LogP contribution in [0.15, 0.2) is 59.3 Å². The zero-order valence-electron chi connectivity index (χ0n) is 17.8. The third kappa shape index (κ3) is 3.96. The Hall–Kier alpha value is -2.35. The van der Waals surface area contributed by atoms with Gasteiger partial charge in [0.05, 0.1) is 12.3 Å². The van der Waals surface area contributed by atoms with Crippen molar-refractivity contribution in [3.05, 3.63) is 81.1 Å². The lowest BCUT2D eigenvalue weighted by Gasteiger charge is -2.45. The molecule has 1 saturated heterocycles. The molecular formula is C25H23ClN2O3S2. The quantitative estimate of drug-likeness (QED) is 0.352. The Morgan fingerprint density at radius 1 is 1.15 bits per heavy atom. The summed E-state index contributed by atoms with van der Waals surface area (Å²) in [6, 6.07) is 14.4. The van der Waals surface area contributed by atoms with Crippen molar-refractivity contribution in [2.75, 3.05) is 6.61 Å². The molecule has 3 aromatic rings. The highest BCUT2D eigenvalue weighted by atomic mass is 35.5. The average molecular weight is 499 g/mol. The first kappa shape index (κ1) is 22.4. The van der Waals surface area contributed by atoms with Gasteiger partial charge in [0.15, 0.2) is 5.78 Å². The van der Waals surface area contributed by atoms with E-state index < -0.39 is 17.4 Å². The monoisotopic (exact) mass is 498 g/mol. The number of nitrogens with zero attached hydrogens (tertiary/aromatic N) is 2. The van der Waals surface area contributed by atoms with E-state index in [-0.39, 0.29) is 12.2 Å². The largest absolute Gasteiger partial charge is 0.477 e. The summed E-state index contributed by atoms with van der Waals surface area (Å²) < 4.78 is 7.32. The summed E-state index contributed by atoms with van der Waals surface area (Å²) in [4.78, 5) is 31.9. The van der Waals surface area contributed by atoms with Gasteiger partial charge >= 0.3 is 0 Å². The second-order valence-corrected chi connectivity index (χ2v) is 10.2. The third-order valence-electron chi connectivity index (χ3n) is 6.62. The minimum atomic E-state index is -1.13. The van der Waals surface area contributed by atoms with Crippen molar-refractivity contribution in [1.29, 1.82) is 0 Å². The van der Waals surface area contributed by atoms with Gasteiger partial charge in [-0.05, 0) is 58.8 Å². The van der Waals surface area contributed by atoms with Crippen LogP contribution in [-0.2, 0) is 15.1 Å². The zero-order valence-corrected chi connectivity index (χ0v) is 20.3. The smallest absolute Gasteiger partial charge is 0.248 e. The number of thiophene rings is 1. The first-order chi connectivity index (χ1) is 16.0. The molecule has 0 radical (unpaired) electrons. The molecular weight excluding hydrogens is 476 g/mol. The van der Waals surface area contributed by atoms with Crippen LogP contribution in [0.2, 0.25) is 5.02 Å². The first-order valence-electron chi connectivity index (χ1n) is 10.9. The second kappa shape index (κ2) is 9.12. The van der Waals surface area contributed by atoms with Gasteiger partial charge < -0.3 is 4.74 Å². The number of Topliss-reactive ketones (excluding diaryl/α,β-unsaturated/α-hetero) is 1. The SMILES string of the molecule is O=C1CC(c2ccsc2)(c2cccc(OCC3CCC3)n2)N(S)C(=O)C1c1ccccc1Cl. The molecule has 1 aromatic carbocycles. The number of pyridine rings is 1. The standard InChI is InChI=1S/C25H23ClN2O3S2/c26-19-8-2-1-7-18(19)23-20(29)13-25(28(32)24(23)30,17-11-12-33-15-17)21-9-4-10-22(27-21)31-14-16-5-3-6-16/h1-2,4,7-12,15-16,23,32H,3,5-6,13-14H2. The molecule has 5 rings (SSSR count). The van der Waals surface area contributed by atoms with Crippen LogP contribution in [0.5, 0.6) is 5.88 Å². The lowest BCUT2D eigenvalue weighted by atomic mass is 9.75. The summed E-state index contributed by atoms with van der Waals surface area (Å²) in [5.41, 5.74) is 0.717. The molecule has 1 amide bonds.